The average molecular weight is 1010 g/mol. The van der Waals surface area contributed by atoms with Gasteiger partial charge in [-0.2, -0.15) is 31.4 Å². The summed E-state index contributed by atoms with van der Waals surface area (Å²) in [5.41, 5.74) is 7.99. The Bertz CT molecular complexity index is 2970. The van der Waals surface area contributed by atoms with Crippen LogP contribution in [0.5, 0.6) is 0 Å². The van der Waals surface area contributed by atoms with Crippen LogP contribution in [0.1, 0.15) is 70.4 Å². The predicted molar refractivity (Wildman–Crippen MR) is 248 cm³/mol. The van der Waals surface area contributed by atoms with Gasteiger partial charge < -0.3 is 26.6 Å². The van der Waals surface area contributed by atoms with Crippen LogP contribution >= 0.6 is 27.5 Å². The molecule has 2 fully saturated rings. The highest BCUT2D eigenvalue weighted by molar-refractivity contribution is 9.10. The second kappa shape index (κ2) is 19.4. The number of hydrogen-bond acceptors (Lipinski definition) is 9. The molecule has 5 N–H and O–H groups in total. The molecule has 2 aliphatic rings. The maximum Gasteiger partial charge on any atom is 0.390 e. The molecule has 4 heterocycles. The van der Waals surface area contributed by atoms with E-state index in [1.165, 1.54) is 0 Å². The molecule has 2 saturated carbocycles. The van der Waals surface area contributed by atoms with Gasteiger partial charge in [-0.15, -0.1) is 5.10 Å². The van der Waals surface area contributed by atoms with Gasteiger partial charge in [0.25, 0.3) is 11.8 Å². The van der Waals surface area contributed by atoms with Crippen molar-refractivity contribution in [3.8, 4) is 22.5 Å². The fourth-order valence-electron chi connectivity index (χ4n) is 7.15. The molecule has 7 aromatic rings. The number of anilines is 4. The molecule has 2 aliphatic carbocycles. The smallest absolute Gasteiger partial charge is 0.382 e. The summed E-state index contributed by atoms with van der Waals surface area (Å²) in [7, 11) is 0. The van der Waals surface area contributed by atoms with E-state index in [0.717, 1.165) is 47.9 Å². The Morgan fingerprint density at radius 3 is 1.64 bits per heavy atom. The first-order valence-electron chi connectivity index (χ1n) is 21.3. The summed E-state index contributed by atoms with van der Waals surface area (Å²) in [5, 5.41) is 24.3. The molecule has 0 atom stereocenters. The van der Waals surface area contributed by atoms with Crippen molar-refractivity contribution in [1.29, 1.82) is 0 Å². The maximum atomic E-state index is 12.8. The lowest BCUT2D eigenvalue weighted by Gasteiger charge is -2.14. The molecular formula is C46H43BrClF6N11O2. The predicted octanol–water partition coefficient (Wildman–Crippen LogP) is 11.1. The van der Waals surface area contributed by atoms with E-state index in [9.17, 15) is 35.9 Å². The first-order chi connectivity index (χ1) is 31.9. The molecule has 0 unspecified atom stereocenters. The van der Waals surface area contributed by atoms with E-state index in [0.29, 0.717) is 66.3 Å². The van der Waals surface area contributed by atoms with Gasteiger partial charge in [-0.05, 0) is 115 Å². The lowest BCUT2D eigenvalue weighted by Crippen LogP contribution is -2.26. The van der Waals surface area contributed by atoms with E-state index in [1.54, 1.807) is 70.0 Å². The molecule has 9 rings (SSSR count). The summed E-state index contributed by atoms with van der Waals surface area (Å²) in [6, 6.07) is 21.7. The second-order valence-electron chi connectivity index (χ2n) is 16.4. The lowest BCUT2D eigenvalue weighted by molar-refractivity contribution is -0.132. The van der Waals surface area contributed by atoms with Crippen LogP contribution < -0.4 is 26.6 Å². The van der Waals surface area contributed by atoms with Crippen LogP contribution in [0.3, 0.4) is 0 Å². The number of nitrogens with one attached hydrogen (secondary N) is 5. The Labute approximate surface area is 393 Å². The highest BCUT2D eigenvalue weighted by atomic mass is 79.9. The number of amides is 2. The third-order valence-electron chi connectivity index (χ3n) is 10.8. The zero-order valence-corrected chi connectivity index (χ0v) is 38.3. The normalized spacial score (nSPS) is 13.8. The molecule has 3 aromatic carbocycles. The molecule has 67 heavy (non-hydrogen) atoms. The average Bonchev–Trinajstić information content (AvgIpc) is 4.17. The number of carbonyl (C=O) groups is 2. The lowest BCUT2D eigenvalue weighted by atomic mass is 10.0. The largest absolute Gasteiger partial charge is 0.390 e. The third kappa shape index (κ3) is 12.1. The quantitative estimate of drug-likeness (QED) is 0.0670. The number of aromatic nitrogens is 6. The summed E-state index contributed by atoms with van der Waals surface area (Å²) < 4.78 is 79.3. The molecule has 350 valence electrons. The van der Waals surface area contributed by atoms with Crippen LogP contribution in [-0.4, -0.2) is 78.5 Å². The molecule has 0 spiro atoms. The molecule has 0 radical (unpaired) electrons. The number of alkyl halides is 6. The van der Waals surface area contributed by atoms with Crippen molar-refractivity contribution in [3.63, 3.8) is 0 Å². The Morgan fingerprint density at radius 2 is 1.18 bits per heavy atom. The molecule has 4 aromatic heterocycles. The molecule has 2 amide bonds. The van der Waals surface area contributed by atoms with Crippen LogP contribution in [0.2, 0.25) is 5.02 Å². The number of benzene rings is 3. The highest BCUT2D eigenvalue weighted by Crippen LogP contribution is 2.32. The van der Waals surface area contributed by atoms with Gasteiger partial charge in [0.05, 0.1) is 48.0 Å². The number of nitrogens with zero attached hydrogens (tertiary/aromatic N) is 6. The monoisotopic (exact) mass is 1010 g/mol. The number of imidazole rings is 2. The zero-order chi connectivity index (χ0) is 47.6. The first kappa shape index (κ1) is 47.1. The van der Waals surface area contributed by atoms with Crippen molar-refractivity contribution < 1.29 is 35.9 Å². The van der Waals surface area contributed by atoms with Crippen molar-refractivity contribution in [1.82, 2.24) is 39.8 Å². The summed E-state index contributed by atoms with van der Waals surface area (Å²) in [5.74, 6) is 0.198. The highest BCUT2D eigenvalue weighted by Gasteiger charge is 2.29. The summed E-state index contributed by atoms with van der Waals surface area (Å²) in [6.07, 6.45) is -3.20. The Balaban J connectivity index is 0.000000186. The number of carbonyl (C=O) groups excluding carboxylic acids is 2. The van der Waals surface area contributed by atoms with E-state index >= 15 is 0 Å². The van der Waals surface area contributed by atoms with Crippen LogP contribution in [0.15, 0.2) is 89.8 Å². The molecule has 0 aliphatic heterocycles. The Morgan fingerprint density at radius 1 is 0.687 bits per heavy atom. The van der Waals surface area contributed by atoms with Gasteiger partial charge >= 0.3 is 12.4 Å². The Hall–Kier alpha value is -6.41. The molecule has 0 bridgehead atoms. The van der Waals surface area contributed by atoms with Gasteiger partial charge in [0.1, 0.15) is 4.60 Å². The van der Waals surface area contributed by atoms with Crippen molar-refractivity contribution in [2.45, 2.75) is 76.8 Å². The van der Waals surface area contributed by atoms with Crippen molar-refractivity contribution in [2.24, 2.45) is 0 Å². The summed E-state index contributed by atoms with van der Waals surface area (Å²) in [6.45, 7) is 3.15. The van der Waals surface area contributed by atoms with E-state index < -0.39 is 25.2 Å². The number of aryl methyl sites for hydroxylation is 2. The van der Waals surface area contributed by atoms with Crippen molar-refractivity contribution in [2.75, 3.05) is 29.0 Å². The van der Waals surface area contributed by atoms with Crippen LogP contribution in [0, 0.1) is 13.8 Å². The van der Waals surface area contributed by atoms with Gasteiger partial charge in [0.2, 0.25) is 0 Å². The van der Waals surface area contributed by atoms with Crippen LogP contribution in [-0.2, 0) is 0 Å². The minimum atomic E-state index is -4.29. The van der Waals surface area contributed by atoms with Crippen LogP contribution in [0.25, 0.3) is 33.8 Å². The molecular weight excluding hydrogens is 968 g/mol. The van der Waals surface area contributed by atoms with Crippen molar-refractivity contribution >= 4 is 73.5 Å². The number of halogens is 8. The minimum Gasteiger partial charge on any atom is -0.382 e. The fourth-order valence-corrected chi connectivity index (χ4v) is 7.73. The van der Waals surface area contributed by atoms with Gasteiger partial charge in [0, 0.05) is 64.2 Å². The minimum absolute atomic E-state index is 0.0864. The standard InChI is InChI=1S/C26H24ClF3N6O.C20H19BrF3N5O/c1-15-11-16(5-8-20(15)25(37)34-18-6-7-18)22-14-32-24-21(31-10-9-26(28,29)30)13-23(35-36(22)24)33-19-4-2-3-17(27)12-19;1-11-8-12(2-5-14(11)19(30)27-13-3-4-13)16-10-26-18-15(9-17(21)28-29(16)18)25-7-6-20(22,23)24/h2-5,8,11-14,18,31H,6-7,9-10H2,1H3,(H,33,35)(H,34,37);2,5,8-10,13,25H,3-4,6-7H2,1H3,(H,27,30). The van der Waals surface area contributed by atoms with E-state index in [4.69, 9.17) is 11.6 Å². The Kier molecular flexibility index (Phi) is 13.7. The fraction of sp³-hybridized carbons (Fsp3) is 0.304. The molecule has 13 nitrogen and oxygen atoms in total. The van der Waals surface area contributed by atoms with E-state index in [2.05, 4.69) is 62.7 Å². The first-order valence-corrected chi connectivity index (χ1v) is 22.5. The van der Waals surface area contributed by atoms with Gasteiger partial charge in [-0.25, -0.2) is 19.0 Å². The SMILES string of the molecule is Cc1cc(-c2cnc3c(NCCC(F)(F)F)cc(Br)nn23)ccc1C(=O)NC1CC1.Cc1cc(-c2cnc3c(NCCC(F)(F)F)cc(Nc4cccc(Cl)c4)nn23)ccc1C(=O)NC1CC1. The molecule has 21 heteroatoms. The summed E-state index contributed by atoms with van der Waals surface area (Å²) in [4.78, 5) is 33.7. The number of hydrogen-bond donors (Lipinski definition) is 5. The zero-order valence-electron chi connectivity index (χ0n) is 35.9. The maximum absolute atomic E-state index is 12.8. The third-order valence-corrected chi connectivity index (χ3v) is 11.4. The van der Waals surface area contributed by atoms with E-state index in [-0.39, 0.29) is 37.0 Å². The van der Waals surface area contributed by atoms with Gasteiger partial charge in [-0.1, -0.05) is 29.8 Å². The van der Waals surface area contributed by atoms with Crippen molar-refractivity contribution in [3.05, 3.63) is 117 Å². The van der Waals surface area contributed by atoms with Gasteiger partial charge in [0.15, 0.2) is 17.1 Å². The number of rotatable bonds is 14. The topological polar surface area (TPSA) is 155 Å². The second-order valence-corrected chi connectivity index (χ2v) is 17.6. The van der Waals surface area contributed by atoms with E-state index in [1.807, 2.05) is 38.1 Å². The number of fused-ring (bicyclic) bond motifs is 2. The molecule has 0 saturated heterocycles. The summed E-state index contributed by atoms with van der Waals surface area (Å²) >= 11 is 9.40. The van der Waals surface area contributed by atoms with Gasteiger partial charge in [-0.3, -0.25) is 9.59 Å². The van der Waals surface area contributed by atoms with Crippen LogP contribution in [0.4, 0.5) is 49.2 Å².